The molecule has 0 radical (unpaired) electrons. The van der Waals surface area contributed by atoms with Gasteiger partial charge in [-0.3, -0.25) is 9.88 Å². The molecule has 0 aliphatic carbocycles. The van der Waals surface area contributed by atoms with Crippen LogP contribution < -0.4 is 4.90 Å². The molecule has 0 bridgehead atoms. The van der Waals surface area contributed by atoms with Crippen LogP contribution >= 0.6 is 0 Å². The second-order valence-corrected chi connectivity index (χ2v) is 7.27. The second-order valence-electron chi connectivity index (χ2n) is 7.27. The lowest BCUT2D eigenvalue weighted by molar-refractivity contribution is 0.243. The topological polar surface area (TPSA) is 45.2 Å². The van der Waals surface area contributed by atoms with E-state index in [2.05, 4.69) is 28.6 Å². The van der Waals surface area contributed by atoms with E-state index in [1.165, 1.54) is 17.7 Å². The van der Waals surface area contributed by atoms with Crippen LogP contribution in [0.5, 0.6) is 0 Å². The molecule has 1 aliphatic rings. The van der Waals surface area contributed by atoms with Crippen LogP contribution in [0.4, 0.5) is 10.2 Å². The average Bonchev–Trinajstić information content (AvgIpc) is 2.77. The number of fused-ring (bicyclic) bond motifs is 1. The molecule has 150 valence electrons. The Morgan fingerprint density at radius 1 is 1.03 bits per heavy atom. The van der Waals surface area contributed by atoms with E-state index in [1.807, 2.05) is 30.3 Å². The van der Waals surface area contributed by atoms with Gasteiger partial charge in [-0.25, -0.2) is 14.4 Å². The highest BCUT2D eigenvalue weighted by molar-refractivity contribution is 5.58. The molecule has 0 atom stereocenters. The minimum Gasteiger partial charge on any atom is -0.357 e. The summed E-state index contributed by atoms with van der Waals surface area (Å²) in [6.07, 6.45) is 2.65. The maximum atomic E-state index is 13.2. The van der Waals surface area contributed by atoms with Crippen molar-refractivity contribution in [1.82, 2.24) is 19.9 Å². The molecule has 3 aromatic rings. The third kappa shape index (κ3) is 4.27. The van der Waals surface area contributed by atoms with E-state index in [0.717, 1.165) is 61.9 Å². The summed E-state index contributed by atoms with van der Waals surface area (Å²) in [7, 11) is 0. The van der Waals surface area contributed by atoms with E-state index in [-0.39, 0.29) is 5.82 Å². The van der Waals surface area contributed by atoms with Crippen molar-refractivity contribution >= 4 is 5.82 Å². The quantitative estimate of drug-likeness (QED) is 0.634. The largest absolute Gasteiger partial charge is 0.357 e. The first-order valence-corrected chi connectivity index (χ1v) is 10.2. The van der Waals surface area contributed by atoms with E-state index in [0.29, 0.717) is 5.82 Å². The van der Waals surface area contributed by atoms with Crippen molar-refractivity contribution in [2.75, 3.05) is 24.5 Å². The number of hydrogen-bond acceptors (Lipinski definition) is 5. The highest BCUT2D eigenvalue weighted by atomic mass is 19.1. The van der Waals surface area contributed by atoms with E-state index < -0.39 is 0 Å². The average molecular weight is 391 g/mol. The third-order valence-electron chi connectivity index (χ3n) is 5.39. The van der Waals surface area contributed by atoms with Crippen molar-refractivity contribution in [3.8, 4) is 11.5 Å². The zero-order valence-corrected chi connectivity index (χ0v) is 17.0. The van der Waals surface area contributed by atoms with Crippen molar-refractivity contribution < 1.29 is 4.39 Å². The monoisotopic (exact) mass is 391 g/mol. The van der Waals surface area contributed by atoms with Gasteiger partial charge in [0.1, 0.15) is 17.3 Å². The number of rotatable bonds is 6. The number of anilines is 1. The Kier molecular flexibility index (Phi) is 5.81. The van der Waals surface area contributed by atoms with Crippen LogP contribution in [0.3, 0.4) is 0 Å². The van der Waals surface area contributed by atoms with Crippen LogP contribution in [-0.4, -0.2) is 39.5 Å². The lowest BCUT2D eigenvalue weighted by atomic mass is 10.0. The van der Waals surface area contributed by atoms with Gasteiger partial charge in [0.05, 0.1) is 5.69 Å². The molecule has 29 heavy (non-hydrogen) atoms. The molecule has 0 fully saturated rings. The Labute approximate surface area is 171 Å². The van der Waals surface area contributed by atoms with Gasteiger partial charge in [-0.1, -0.05) is 18.2 Å². The summed E-state index contributed by atoms with van der Waals surface area (Å²) >= 11 is 0. The van der Waals surface area contributed by atoms with E-state index in [1.54, 1.807) is 6.20 Å². The van der Waals surface area contributed by atoms with Crippen molar-refractivity contribution in [2.45, 2.75) is 33.4 Å². The van der Waals surface area contributed by atoms with Gasteiger partial charge in [0.2, 0.25) is 0 Å². The first-order chi connectivity index (χ1) is 14.2. The molecule has 3 heterocycles. The maximum Gasteiger partial charge on any atom is 0.180 e. The van der Waals surface area contributed by atoms with E-state index in [4.69, 9.17) is 9.97 Å². The fraction of sp³-hybridized carbons (Fsp3) is 0.348. The van der Waals surface area contributed by atoms with Crippen molar-refractivity contribution in [1.29, 1.82) is 0 Å². The van der Waals surface area contributed by atoms with Crippen LogP contribution in [0, 0.1) is 5.82 Å². The normalized spacial score (nSPS) is 13.9. The SMILES string of the molecule is CCN(CC)c1nc(-c2ccccn2)nc2c1CN(Cc1ccc(F)cc1)CC2. The third-order valence-corrected chi connectivity index (χ3v) is 5.39. The predicted molar refractivity (Wildman–Crippen MR) is 113 cm³/mol. The highest BCUT2D eigenvalue weighted by Crippen LogP contribution is 2.29. The van der Waals surface area contributed by atoms with Crippen LogP contribution in [-0.2, 0) is 19.5 Å². The standard InChI is InChI=1S/C23H26FN5/c1-3-29(4-2)23-19-16-28(15-17-8-10-18(24)11-9-17)14-12-20(19)26-22(27-23)21-7-5-6-13-25-21/h5-11,13H,3-4,12,14-16H2,1-2H3. The molecule has 6 heteroatoms. The fourth-order valence-electron chi connectivity index (χ4n) is 3.83. The minimum absolute atomic E-state index is 0.197. The smallest absolute Gasteiger partial charge is 0.180 e. The van der Waals surface area contributed by atoms with Gasteiger partial charge < -0.3 is 4.90 Å². The fourth-order valence-corrected chi connectivity index (χ4v) is 3.83. The Morgan fingerprint density at radius 3 is 2.52 bits per heavy atom. The molecule has 0 amide bonds. The summed E-state index contributed by atoms with van der Waals surface area (Å²) in [6.45, 7) is 8.58. The molecule has 5 nitrogen and oxygen atoms in total. The summed E-state index contributed by atoms with van der Waals surface area (Å²) in [4.78, 5) is 18.9. The molecule has 0 saturated heterocycles. The van der Waals surface area contributed by atoms with Crippen molar-refractivity contribution in [2.24, 2.45) is 0 Å². The molecule has 0 saturated carbocycles. The van der Waals surface area contributed by atoms with Crippen LogP contribution in [0.2, 0.25) is 0 Å². The number of aromatic nitrogens is 3. The molecule has 0 unspecified atom stereocenters. The van der Waals surface area contributed by atoms with Gasteiger partial charge in [-0.05, 0) is 43.7 Å². The van der Waals surface area contributed by atoms with Gasteiger partial charge in [-0.15, -0.1) is 0 Å². The predicted octanol–water partition coefficient (Wildman–Crippen LogP) is 4.08. The molecular formula is C23H26FN5. The summed E-state index contributed by atoms with van der Waals surface area (Å²) < 4.78 is 13.2. The zero-order valence-electron chi connectivity index (χ0n) is 17.0. The molecule has 0 spiro atoms. The summed E-state index contributed by atoms with van der Waals surface area (Å²) in [6, 6.07) is 12.6. The number of pyridine rings is 1. The zero-order chi connectivity index (χ0) is 20.2. The Bertz CT molecular complexity index is 955. The van der Waals surface area contributed by atoms with Gasteiger partial charge >= 0.3 is 0 Å². The molecule has 2 aromatic heterocycles. The number of benzene rings is 1. The van der Waals surface area contributed by atoms with Crippen LogP contribution in [0.1, 0.15) is 30.7 Å². The minimum atomic E-state index is -0.197. The van der Waals surface area contributed by atoms with Gasteiger partial charge in [0.25, 0.3) is 0 Å². The highest BCUT2D eigenvalue weighted by Gasteiger charge is 2.25. The Balaban J connectivity index is 1.67. The molecule has 0 N–H and O–H groups in total. The Hall–Kier alpha value is -2.86. The number of halogens is 1. The van der Waals surface area contributed by atoms with E-state index in [9.17, 15) is 4.39 Å². The molecule has 1 aliphatic heterocycles. The van der Waals surface area contributed by atoms with Crippen molar-refractivity contribution in [3.63, 3.8) is 0 Å². The molecule has 4 rings (SSSR count). The lowest BCUT2D eigenvalue weighted by Crippen LogP contribution is -2.34. The van der Waals surface area contributed by atoms with Crippen molar-refractivity contribution in [3.05, 3.63) is 71.3 Å². The number of hydrogen-bond donors (Lipinski definition) is 0. The summed E-state index contributed by atoms with van der Waals surface area (Å²) in [5, 5.41) is 0. The molecular weight excluding hydrogens is 365 g/mol. The van der Waals surface area contributed by atoms with Gasteiger partial charge in [0, 0.05) is 50.9 Å². The first kappa shape index (κ1) is 19.5. The van der Waals surface area contributed by atoms with Crippen LogP contribution in [0.15, 0.2) is 48.7 Å². The lowest BCUT2D eigenvalue weighted by Gasteiger charge is -2.32. The maximum absolute atomic E-state index is 13.2. The summed E-state index contributed by atoms with van der Waals surface area (Å²) in [5.41, 5.74) is 4.22. The molecule has 1 aromatic carbocycles. The van der Waals surface area contributed by atoms with E-state index >= 15 is 0 Å². The van der Waals surface area contributed by atoms with Gasteiger partial charge in [0.15, 0.2) is 5.82 Å². The number of nitrogens with zero attached hydrogens (tertiary/aromatic N) is 5. The van der Waals surface area contributed by atoms with Crippen LogP contribution in [0.25, 0.3) is 11.5 Å². The Morgan fingerprint density at radius 2 is 1.83 bits per heavy atom. The summed E-state index contributed by atoms with van der Waals surface area (Å²) in [5.74, 6) is 1.50. The first-order valence-electron chi connectivity index (χ1n) is 10.2. The second kappa shape index (κ2) is 8.66. The van der Waals surface area contributed by atoms with Gasteiger partial charge in [-0.2, -0.15) is 0 Å².